The lowest BCUT2D eigenvalue weighted by Gasteiger charge is -2.02. The van der Waals surface area contributed by atoms with Gasteiger partial charge < -0.3 is 10.3 Å². The zero-order valence-electron chi connectivity index (χ0n) is 7.34. The van der Waals surface area contributed by atoms with Crippen molar-refractivity contribution in [2.24, 2.45) is 0 Å². The smallest absolute Gasteiger partial charge is 0.240 e. The molecule has 0 unspecified atom stereocenters. The molecule has 0 radical (unpaired) electrons. The van der Waals surface area contributed by atoms with Crippen LogP contribution in [0.2, 0.25) is 0 Å². The van der Waals surface area contributed by atoms with Crippen molar-refractivity contribution in [3.8, 4) is 0 Å². The highest BCUT2D eigenvalue weighted by Gasteiger charge is 2.03. The molecular weight excluding hydrogens is 248 g/mol. The molecule has 0 atom stereocenters. The highest BCUT2D eigenvalue weighted by atomic mass is 79.9. The fraction of sp³-hybridized carbons (Fsp3) is 0.286. The van der Waals surface area contributed by atoms with Gasteiger partial charge in [0.05, 0.1) is 12.9 Å². The number of nitrogens with zero attached hydrogens (tertiary/aromatic N) is 5. The number of anilines is 1. The van der Waals surface area contributed by atoms with E-state index in [0.717, 1.165) is 6.54 Å². The number of nitrogen functional groups attached to an aromatic ring is 1. The van der Waals surface area contributed by atoms with Crippen LogP contribution in [0.4, 0.5) is 5.95 Å². The SMILES string of the molecule is Nc1nc(Br)n(CCn2ccnc2)n1. The molecule has 2 aromatic rings. The molecule has 0 aliphatic rings. The van der Waals surface area contributed by atoms with Crippen LogP contribution in [-0.2, 0) is 13.1 Å². The van der Waals surface area contributed by atoms with E-state index in [0.29, 0.717) is 11.3 Å². The van der Waals surface area contributed by atoms with Crippen LogP contribution in [0.1, 0.15) is 0 Å². The Kier molecular flexibility index (Phi) is 2.49. The molecule has 0 saturated carbocycles. The summed E-state index contributed by atoms with van der Waals surface area (Å²) in [4.78, 5) is 7.88. The van der Waals surface area contributed by atoms with Crippen molar-refractivity contribution in [3.05, 3.63) is 23.5 Å². The summed E-state index contributed by atoms with van der Waals surface area (Å²) in [7, 11) is 0. The van der Waals surface area contributed by atoms with Gasteiger partial charge in [-0.15, -0.1) is 5.10 Å². The van der Waals surface area contributed by atoms with Crippen LogP contribution in [0.5, 0.6) is 0 Å². The van der Waals surface area contributed by atoms with Crippen LogP contribution in [0.15, 0.2) is 23.5 Å². The second-order valence-corrected chi connectivity index (χ2v) is 3.47. The molecule has 2 rings (SSSR count). The van der Waals surface area contributed by atoms with Gasteiger partial charge in [0, 0.05) is 18.9 Å². The molecule has 2 N–H and O–H groups in total. The summed E-state index contributed by atoms with van der Waals surface area (Å²) in [6.07, 6.45) is 5.40. The Morgan fingerprint density at radius 3 is 2.86 bits per heavy atom. The van der Waals surface area contributed by atoms with Gasteiger partial charge in [-0.3, -0.25) is 0 Å². The van der Waals surface area contributed by atoms with Crippen molar-refractivity contribution in [3.63, 3.8) is 0 Å². The molecule has 7 heteroatoms. The molecule has 0 aliphatic heterocycles. The first-order valence-electron chi connectivity index (χ1n) is 4.07. The minimum absolute atomic E-state index is 0.280. The van der Waals surface area contributed by atoms with Crippen LogP contribution in [0.25, 0.3) is 0 Å². The minimum atomic E-state index is 0.280. The molecule has 2 aromatic heterocycles. The maximum absolute atomic E-state index is 5.44. The standard InChI is InChI=1S/C7H9BrN6/c8-6-11-7(9)12-14(6)4-3-13-2-1-10-5-13/h1-2,5H,3-4H2,(H2,9,12). The Bertz CT molecular complexity index is 406. The zero-order chi connectivity index (χ0) is 9.97. The molecule has 0 spiro atoms. The summed E-state index contributed by atoms with van der Waals surface area (Å²) in [5, 5.41) is 4.01. The quantitative estimate of drug-likeness (QED) is 0.869. The van der Waals surface area contributed by atoms with Gasteiger partial charge in [-0.1, -0.05) is 0 Å². The third-order valence-corrected chi connectivity index (χ3v) is 2.36. The van der Waals surface area contributed by atoms with Gasteiger partial charge in [-0.2, -0.15) is 4.98 Å². The van der Waals surface area contributed by atoms with Gasteiger partial charge in [-0.25, -0.2) is 9.67 Å². The number of aromatic nitrogens is 5. The maximum atomic E-state index is 5.44. The van der Waals surface area contributed by atoms with E-state index in [-0.39, 0.29) is 5.95 Å². The van der Waals surface area contributed by atoms with Crippen molar-refractivity contribution in [1.82, 2.24) is 24.3 Å². The topological polar surface area (TPSA) is 74.5 Å². The van der Waals surface area contributed by atoms with E-state index in [1.807, 2.05) is 10.8 Å². The number of imidazole rings is 1. The highest BCUT2D eigenvalue weighted by molar-refractivity contribution is 9.10. The molecule has 0 amide bonds. The first-order chi connectivity index (χ1) is 6.75. The fourth-order valence-corrected chi connectivity index (χ4v) is 1.55. The predicted octanol–water partition coefficient (Wildman–Crippen LogP) is 0.519. The fourth-order valence-electron chi connectivity index (χ4n) is 1.11. The van der Waals surface area contributed by atoms with E-state index >= 15 is 0 Å². The van der Waals surface area contributed by atoms with Crippen molar-refractivity contribution in [2.45, 2.75) is 13.1 Å². The van der Waals surface area contributed by atoms with Crippen molar-refractivity contribution >= 4 is 21.9 Å². The summed E-state index contributed by atoms with van der Waals surface area (Å²) < 4.78 is 4.31. The Morgan fingerprint density at radius 1 is 1.43 bits per heavy atom. The second-order valence-electron chi connectivity index (χ2n) is 2.76. The third-order valence-electron chi connectivity index (χ3n) is 1.77. The Balaban J connectivity index is 2.01. The Morgan fingerprint density at radius 2 is 2.29 bits per heavy atom. The zero-order valence-corrected chi connectivity index (χ0v) is 8.92. The number of hydrogen-bond donors (Lipinski definition) is 1. The van der Waals surface area contributed by atoms with Crippen LogP contribution in [0.3, 0.4) is 0 Å². The highest BCUT2D eigenvalue weighted by Crippen LogP contribution is 2.07. The predicted molar refractivity (Wildman–Crippen MR) is 54.4 cm³/mol. The molecule has 0 aliphatic carbocycles. The summed E-state index contributed by atoms with van der Waals surface area (Å²) in [6.45, 7) is 1.50. The van der Waals surface area contributed by atoms with Crippen molar-refractivity contribution in [1.29, 1.82) is 0 Å². The minimum Gasteiger partial charge on any atom is -0.366 e. The van der Waals surface area contributed by atoms with Crippen LogP contribution >= 0.6 is 15.9 Å². The molecule has 2 heterocycles. The summed E-state index contributed by atoms with van der Waals surface area (Å²) in [6, 6.07) is 0. The molecule has 14 heavy (non-hydrogen) atoms. The molecule has 0 fully saturated rings. The number of rotatable bonds is 3. The van der Waals surface area contributed by atoms with Crippen LogP contribution in [0, 0.1) is 0 Å². The van der Waals surface area contributed by atoms with Gasteiger partial charge in [-0.05, 0) is 15.9 Å². The molecular formula is C7H9BrN6. The average molecular weight is 257 g/mol. The van der Waals surface area contributed by atoms with E-state index in [2.05, 4.69) is 31.0 Å². The number of aryl methyl sites for hydroxylation is 2. The summed E-state index contributed by atoms with van der Waals surface area (Å²) in [5.74, 6) is 0.280. The first-order valence-corrected chi connectivity index (χ1v) is 4.86. The molecule has 0 bridgehead atoms. The van der Waals surface area contributed by atoms with Gasteiger partial charge >= 0.3 is 0 Å². The Labute approximate surface area is 88.9 Å². The van der Waals surface area contributed by atoms with Gasteiger partial charge in [0.15, 0.2) is 4.73 Å². The largest absolute Gasteiger partial charge is 0.366 e. The Hall–Kier alpha value is -1.37. The first kappa shape index (κ1) is 9.20. The van der Waals surface area contributed by atoms with Crippen LogP contribution in [-0.4, -0.2) is 24.3 Å². The lowest BCUT2D eigenvalue weighted by molar-refractivity contribution is 0.524. The van der Waals surface area contributed by atoms with E-state index in [9.17, 15) is 0 Å². The van der Waals surface area contributed by atoms with Gasteiger partial charge in [0.1, 0.15) is 0 Å². The monoisotopic (exact) mass is 256 g/mol. The summed E-state index contributed by atoms with van der Waals surface area (Å²) >= 11 is 3.27. The number of nitrogens with two attached hydrogens (primary N) is 1. The third kappa shape index (κ3) is 1.92. The van der Waals surface area contributed by atoms with Gasteiger partial charge in [0.25, 0.3) is 0 Å². The van der Waals surface area contributed by atoms with E-state index in [1.54, 1.807) is 17.2 Å². The maximum Gasteiger partial charge on any atom is 0.240 e. The number of halogens is 1. The van der Waals surface area contributed by atoms with Crippen molar-refractivity contribution in [2.75, 3.05) is 5.73 Å². The van der Waals surface area contributed by atoms with Gasteiger partial charge in [0.2, 0.25) is 5.95 Å². The molecule has 74 valence electrons. The average Bonchev–Trinajstić information content (AvgIpc) is 2.72. The van der Waals surface area contributed by atoms with E-state index in [1.165, 1.54) is 0 Å². The van der Waals surface area contributed by atoms with E-state index < -0.39 is 0 Å². The molecule has 6 nitrogen and oxygen atoms in total. The number of hydrogen-bond acceptors (Lipinski definition) is 4. The lowest BCUT2D eigenvalue weighted by atomic mass is 10.6. The summed E-state index contributed by atoms with van der Waals surface area (Å²) in [5.41, 5.74) is 5.44. The van der Waals surface area contributed by atoms with Crippen LogP contribution < -0.4 is 5.73 Å². The normalized spacial score (nSPS) is 10.6. The van der Waals surface area contributed by atoms with E-state index in [4.69, 9.17) is 5.73 Å². The molecule has 0 aromatic carbocycles. The lowest BCUT2D eigenvalue weighted by Crippen LogP contribution is -2.07. The molecule has 0 saturated heterocycles. The van der Waals surface area contributed by atoms with Crippen molar-refractivity contribution < 1.29 is 0 Å². The second kappa shape index (κ2) is 3.79.